The lowest BCUT2D eigenvalue weighted by molar-refractivity contribution is -0.138. The van der Waals surface area contributed by atoms with Gasteiger partial charge in [0.15, 0.2) is 10.9 Å². The number of aryl methyl sites for hydroxylation is 3. The highest BCUT2D eigenvalue weighted by molar-refractivity contribution is 9.10. The number of halogens is 14. The monoisotopic (exact) mass is 1160 g/mol. The molecule has 0 bridgehead atoms. The molecule has 2 nitrogen and oxygen atoms in total. The first-order valence-corrected chi connectivity index (χ1v) is 25.1. The van der Waals surface area contributed by atoms with Gasteiger partial charge in [-0.25, -0.2) is 17.6 Å². The molecule has 0 N–H and O–H groups in total. The van der Waals surface area contributed by atoms with Gasteiger partial charge in [0.05, 0.1) is 16.7 Å². The molecular formula is C64H34BrF13O2. The van der Waals surface area contributed by atoms with Gasteiger partial charge in [0, 0.05) is 26.0 Å². The molecule has 80 heavy (non-hydrogen) atoms. The van der Waals surface area contributed by atoms with Gasteiger partial charge >= 0.3 is 18.5 Å². The Hall–Kier alpha value is -8.37. The van der Waals surface area contributed by atoms with E-state index in [2.05, 4.69) is 15.9 Å². The van der Waals surface area contributed by atoms with E-state index in [4.69, 9.17) is 0 Å². The molecule has 11 aromatic carbocycles. The summed E-state index contributed by atoms with van der Waals surface area (Å²) in [6.07, 6.45) is -13.5. The SMILES string of the molecule is Cc1cc(Br)cc(C(F)(F)F)c1.Cc1cc(C2=c3cc4c(cc3-c3ccc(F)cc32)=C(c2cc(C)cc(C(F)(F)F)c2)c2cc(F)ccc2-4)cc(C(F)(F)F)c1.O=c1c2cc(F)ccc2c2cc3c(=O)c4cc(F)ccc4c3cc12. The summed E-state index contributed by atoms with van der Waals surface area (Å²) >= 11 is 3.01. The molecule has 2 aliphatic rings. The summed E-state index contributed by atoms with van der Waals surface area (Å²) in [4.78, 5) is 25.2. The van der Waals surface area contributed by atoms with E-state index in [0.29, 0.717) is 119 Å². The number of hydrogen-bond acceptors (Lipinski definition) is 2. The highest BCUT2D eigenvalue weighted by atomic mass is 79.9. The topological polar surface area (TPSA) is 34.1 Å². The molecular weight excluding hydrogens is 1130 g/mol. The molecule has 2 aliphatic carbocycles. The highest BCUT2D eigenvalue weighted by Gasteiger charge is 2.35. The fraction of sp³-hybridized carbons (Fsp3) is 0.0938. The Bertz CT molecular complexity index is 4410. The molecule has 0 heterocycles. The first kappa shape index (κ1) is 53.6. The van der Waals surface area contributed by atoms with Gasteiger partial charge in [-0.3, -0.25) is 9.59 Å². The van der Waals surface area contributed by atoms with E-state index < -0.39 is 58.5 Å². The maximum Gasteiger partial charge on any atom is 0.416 e. The van der Waals surface area contributed by atoms with Gasteiger partial charge in [0.25, 0.3) is 0 Å². The molecule has 11 aromatic rings. The molecule has 0 fully saturated rings. The van der Waals surface area contributed by atoms with Crippen LogP contribution in [0.25, 0.3) is 76.5 Å². The molecule has 0 spiro atoms. The molecule has 0 aromatic heterocycles. The largest absolute Gasteiger partial charge is 0.416 e. The zero-order valence-electron chi connectivity index (χ0n) is 41.5. The Morgan fingerprint density at radius 3 is 1.02 bits per heavy atom. The molecule has 0 atom stereocenters. The van der Waals surface area contributed by atoms with Crippen molar-refractivity contribution in [1.29, 1.82) is 0 Å². The van der Waals surface area contributed by atoms with Crippen molar-refractivity contribution < 1.29 is 57.1 Å². The van der Waals surface area contributed by atoms with Crippen LogP contribution in [0.3, 0.4) is 0 Å². The minimum atomic E-state index is -4.61. The van der Waals surface area contributed by atoms with Crippen LogP contribution in [-0.4, -0.2) is 0 Å². The minimum absolute atomic E-state index is 0.248. The van der Waals surface area contributed by atoms with Gasteiger partial charge in [-0.05, 0) is 240 Å². The molecule has 400 valence electrons. The van der Waals surface area contributed by atoms with Gasteiger partial charge in [0.2, 0.25) is 0 Å². The zero-order chi connectivity index (χ0) is 57.2. The standard InChI is InChI=1S/C36H20F8.C20H8F2O2.C8H6BrF3/c1-17-7-19(11-21(9-17)35(39,40)41)33-29-13-23(37)3-5-25(29)27-16-32-28(15-31(27)33)26-6-4-24(38)14-30(26)34(32)20-8-18(2)10-22(12-20)36(42,43)44;21-9-1-3-11-13-7-18-14(8-17(13)19(23)15(11)5-9)12-4-2-10(22)6-16(12)20(18)24;1-5-2-6(8(10,11)12)4-7(9)3-5/h3-16H,1-2H3;1-8H;2-4H,1H3. The van der Waals surface area contributed by atoms with E-state index in [0.717, 1.165) is 36.4 Å². The number of hydrogen-bond donors (Lipinski definition) is 0. The minimum Gasteiger partial charge on any atom is -0.289 e. The van der Waals surface area contributed by atoms with Crippen molar-refractivity contribution in [3.05, 3.63) is 266 Å². The van der Waals surface area contributed by atoms with Crippen LogP contribution in [0.2, 0.25) is 0 Å². The lowest BCUT2D eigenvalue weighted by Crippen LogP contribution is -2.15. The smallest absolute Gasteiger partial charge is 0.289 e. The second-order valence-electron chi connectivity index (χ2n) is 19.7. The summed E-state index contributed by atoms with van der Waals surface area (Å²) < 4.78 is 176. The summed E-state index contributed by atoms with van der Waals surface area (Å²) in [5.41, 5.74) is 2.90. The number of fused-ring (bicyclic) bond motifs is 12. The van der Waals surface area contributed by atoms with Gasteiger partial charge < -0.3 is 0 Å². The van der Waals surface area contributed by atoms with Gasteiger partial charge in [-0.1, -0.05) is 52.3 Å². The van der Waals surface area contributed by atoms with E-state index >= 15 is 0 Å². The summed E-state index contributed by atoms with van der Waals surface area (Å²) in [5.74, 6) is -2.09. The first-order valence-electron chi connectivity index (χ1n) is 24.3. The van der Waals surface area contributed by atoms with Gasteiger partial charge in [-0.15, -0.1) is 0 Å². The lowest BCUT2D eigenvalue weighted by Gasteiger charge is -2.13. The molecule has 16 heteroatoms. The van der Waals surface area contributed by atoms with E-state index in [-0.39, 0.29) is 22.0 Å². The quantitative estimate of drug-likeness (QED) is 0.162. The lowest BCUT2D eigenvalue weighted by atomic mass is 9.94. The average Bonchev–Trinajstić information content (AvgIpc) is 4.28. The summed E-state index contributed by atoms with van der Waals surface area (Å²) in [5, 5.41) is 5.06. The highest BCUT2D eigenvalue weighted by Crippen LogP contribution is 2.43. The van der Waals surface area contributed by atoms with Crippen molar-refractivity contribution >= 4 is 70.2 Å². The maximum atomic E-state index is 14.6. The Morgan fingerprint density at radius 2 is 0.650 bits per heavy atom. The van der Waals surface area contributed by atoms with E-state index in [9.17, 15) is 66.7 Å². The van der Waals surface area contributed by atoms with Gasteiger partial charge in [0.1, 0.15) is 23.3 Å². The van der Waals surface area contributed by atoms with Crippen molar-refractivity contribution in [1.82, 2.24) is 0 Å². The average molecular weight is 1160 g/mol. The van der Waals surface area contributed by atoms with Crippen LogP contribution in [0.1, 0.15) is 55.6 Å². The van der Waals surface area contributed by atoms with Crippen LogP contribution in [0.5, 0.6) is 0 Å². The van der Waals surface area contributed by atoms with E-state index in [1.165, 1.54) is 48.5 Å². The van der Waals surface area contributed by atoms with Crippen LogP contribution in [0.4, 0.5) is 57.1 Å². The summed E-state index contributed by atoms with van der Waals surface area (Å²) in [6.45, 7) is 4.72. The first-order chi connectivity index (χ1) is 37.6. The fourth-order valence-electron chi connectivity index (χ4n) is 11.0. The fourth-order valence-corrected chi connectivity index (χ4v) is 11.6. The number of rotatable bonds is 2. The normalized spacial score (nSPS) is 12.9. The third-order valence-electron chi connectivity index (χ3n) is 14.2. The molecule has 0 saturated carbocycles. The zero-order valence-corrected chi connectivity index (χ0v) is 43.1. The van der Waals surface area contributed by atoms with Crippen molar-refractivity contribution in [3.8, 4) is 22.3 Å². The van der Waals surface area contributed by atoms with Crippen molar-refractivity contribution in [3.63, 3.8) is 0 Å². The Morgan fingerprint density at radius 1 is 0.312 bits per heavy atom. The van der Waals surface area contributed by atoms with Crippen LogP contribution in [0.15, 0.2) is 166 Å². The second kappa shape index (κ2) is 19.2. The Kier molecular flexibility index (Phi) is 12.9. The molecule has 13 rings (SSSR count). The number of benzene rings is 9. The van der Waals surface area contributed by atoms with Crippen LogP contribution in [-0.2, 0) is 18.5 Å². The van der Waals surface area contributed by atoms with Crippen LogP contribution < -0.4 is 21.3 Å². The van der Waals surface area contributed by atoms with E-state index in [1.807, 2.05) is 0 Å². The molecule has 0 amide bonds. The van der Waals surface area contributed by atoms with Crippen molar-refractivity contribution in [2.45, 2.75) is 39.3 Å². The second-order valence-corrected chi connectivity index (χ2v) is 20.7. The maximum absolute atomic E-state index is 14.6. The summed E-state index contributed by atoms with van der Waals surface area (Å²) in [6, 6.07) is 34.3. The van der Waals surface area contributed by atoms with Gasteiger partial charge in [-0.2, -0.15) is 39.5 Å². The molecule has 0 aliphatic heterocycles. The third kappa shape index (κ3) is 9.52. The van der Waals surface area contributed by atoms with Crippen LogP contribution >= 0.6 is 15.9 Å². The summed E-state index contributed by atoms with van der Waals surface area (Å²) in [7, 11) is 0. The molecule has 0 radical (unpaired) electrons. The Balaban J connectivity index is 0.000000155. The molecule has 0 saturated heterocycles. The molecule has 0 unspecified atom stereocenters. The Labute approximate surface area is 452 Å². The predicted octanol–water partition coefficient (Wildman–Crippen LogP) is 17.0. The van der Waals surface area contributed by atoms with Crippen molar-refractivity contribution in [2.75, 3.05) is 0 Å². The van der Waals surface area contributed by atoms with E-state index in [1.54, 1.807) is 87.5 Å². The third-order valence-corrected chi connectivity index (χ3v) is 14.7. The predicted molar refractivity (Wildman–Crippen MR) is 287 cm³/mol. The van der Waals surface area contributed by atoms with Crippen LogP contribution in [0, 0.1) is 44.0 Å². The number of alkyl halides is 9. The van der Waals surface area contributed by atoms with Crippen molar-refractivity contribution in [2.24, 2.45) is 0 Å².